The van der Waals surface area contributed by atoms with E-state index in [4.69, 9.17) is 9.84 Å². The number of hydrogen-bond acceptors (Lipinski definition) is 8. The first-order valence-corrected chi connectivity index (χ1v) is 11.8. The van der Waals surface area contributed by atoms with Crippen LogP contribution in [0.25, 0.3) is 0 Å². The van der Waals surface area contributed by atoms with Crippen molar-refractivity contribution in [2.75, 3.05) is 18.2 Å². The number of thiazole rings is 1. The SMILES string of the molecule is CCOC(=O)C(CC)(CCC(=O)O)c1csc(Nc2ccc(S(C)(=O)=O)cc2)n1. The molecule has 0 aliphatic heterocycles. The van der Waals surface area contributed by atoms with Crippen molar-refractivity contribution in [3.05, 3.63) is 35.3 Å². The molecule has 1 heterocycles. The Morgan fingerprint density at radius 2 is 1.90 bits per heavy atom. The molecule has 10 heteroatoms. The molecule has 0 aliphatic carbocycles. The highest BCUT2D eigenvalue weighted by atomic mass is 32.2. The zero-order chi connectivity index (χ0) is 21.7. The molecular weight excluding hydrogens is 416 g/mol. The van der Waals surface area contributed by atoms with Gasteiger partial charge in [-0.2, -0.15) is 0 Å². The van der Waals surface area contributed by atoms with Crippen LogP contribution in [0.2, 0.25) is 0 Å². The number of carbonyl (C=O) groups excluding carboxylic acids is 1. The zero-order valence-electron chi connectivity index (χ0n) is 16.5. The number of carbonyl (C=O) groups is 2. The maximum atomic E-state index is 12.7. The van der Waals surface area contributed by atoms with Crippen LogP contribution in [0, 0.1) is 0 Å². The van der Waals surface area contributed by atoms with E-state index in [1.807, 2.05) is 0 Å². The van der Waals surface area contributed by atoms with Crippen molar-refractivity contribution in [3.63, 3.8) is 0 Å². The Morgan fingerprint density at radius 3 is 2.41 bits per heavy atom. The first kappa shape index (κ1) is 22.8. The minimum Gasteiger partial charge on any atom is -0.481 e. The summed E-state index contributed by atoms with van der Waals surface area (Å²) in [6.07, 6.45) is 1.40. The molecule has 29 heavy (non-hydrogen) atoms. The molecule has 2 N–H and O–H groups in total. The van der Waals surface area contributed by atoms with E-state index in [-0.39, 0.29) is 24.3 Å². The molecule has 8 nitrogen and oxygen atoms in total. The van der Waals surface area contributed by atoms with Crippen LogP contribution in [0.5, 0.6) is 0 Å². The highest BCUT2D eigenvalue weighted by molar-refractivity contribution is 7.90. The number of hydrogen-bond donors (Lipinski definition) is 2. The first-order valence-electron chi connectivity index (χ1n) is 9.04. The summed E-state index contributed by atoms with van der Waals surface area (Å²) in [5.74, 6) is -1.48. The molecule has 0 bridgehead atoms. The third-order valence-electron chi connectivity index (χ3n) is 4.56. The number of anilines is 2. The summed E-state index contributed by atoms with van der Waals surface area (Å²) in [4.78, 5) is 28.5. The van der Waals surface area contributed by atoms with E-state index in [0.717, 1.165) is 6.26 Å². The number of benzene rings is 1. The van der Waals surface area contributed by atoms with Gasteiger partial charge in [0, 0.05) is 23.7 Å². The third kappa shape index (κ3) is 5.54. The van der Waals surface area contributed by atoms with E-state index in [9.17, 15) is 18.0 Å². The molecule has 1 aromatic heterocycles. The fourth-order valence-corrected chi connectivity index (χ4v) is 4.35. The molecular formula is C19H24N2O6S2. The minimum absolute atomic E-state index is 0.0872. The monoisotopic (exact) mass is 440 g/mol. The number of ether oxygens (including phenoxy) is 1. The van der Waals surface area contributed by atoms with Gasteiger partial charge >= 0.3 is 11.9 Å². The number of rotatable bonds is 10. The Hall–Kier alpha value is -2.46. The van der Waals surface area contributed by atoms with Crippen molar-refractivity contribution in [2.45, 2.75) is 43.4 Å². The van der Waals surface area contributed by atoms with Crippen LogP contribution in [-0.2, 0) is 29.6 Å². The number of aliphatic carboxylic acids is 1. The summed E-state index contributed by atoms with van der Waals surface area (Å²) >= 11 is 1.27. The van der Waals surface area contributed by atoms with Crippen molar-refractivity contribution in [1.82, 2.24) is 4.98 Å². The van der Waals surface area contributed by atoms with Gasteiger partial charge in [-0.1, -0.05) is 6.92 Å². The second-order valence-electron chi connectivity index (χ2n) is 6.51. The maximum absolute atomic E-state index is 12.7. The molecule has 1 atom stereocenters. The van der Waals surface area contributed by atoms with Gasteiger partial charge in [0.05, 0.1) is 17.2 Å². The largest absolute Gasteiger partial charge is 0.481 e. The smallest absolute Gasteiger partial charge is 0.318 e. The van der Waals surface area contributed by atoms with Crippen LogP contribution in [-0.4, -0.2) is 43.3 Å². The standard InChI is InChI=1S/C19H24N2O6S2/c1-4-19(11-10-16(22)23,17(24)27-5-2)15-12-28-18(21-15)20-13-6-8-14(9-7-13)29(3,25)26/h6-9,12H,4-5,10-11H2,1-3H3,(H,20,21)(H,22,23). The van der Waals surface area contributed by atoms with Gasteiger partial charge in [-0.25, -0.2) is 13.4 Å². The lowest BCUT2D eigenvalue weighted by Crippen LogP contribution is -2.38. The van der Waals surface area contributed by atoms with E-state index >= 15 is 0 Å². The number of aromatic nitrogens is 1. The van der Waals surface area contributed by atoms with Crippen LogP contribution in [0.1, 0.15) is 38.8 Å². The second-order valence-corrected chi connectivity index (χ2v) is 9.38. The quantitative estimate of drug-likeness (QED) is 0.539. The van der Waals surface area contributed by atoms with Gasteiger partial charge in [0.1, 0.15) is 5.41 Å². The van der Waals surface area contributed by atoms with Gasteiger partial charge in [0.25, 0.3) is 0 Å². The number of nitrogens with one attached hydrogen (secondary N) is 1. The molecule has 0 radical (unpaired) electrons. The van der Waals surface area contributed by atoms with Gasteiger partial charge in [0.15, 0.2) is 15.0 Å². The summed E-state index contributed by atoms with van der Waals surface area (Å²) in [5.41, 5.74) is -0.0349. The van der Waals surface area contributed by atoms with Crippen LogP contribution >= 0.6 is 11.3 Å². The van der Waals surface area contributed by atoms with Gasteiger partial charge < -0.3 is 15.2 Å². The highest BCUT2D eigenvalue weighted by Gasteiger charge is 2.42. The molecule has 0 fully saturated rings. The van der Waals surface area contributed by atoms with Gasteiger partial charge in [-0.05, 0) is 44.0 Å². The van der Waals surface area contributed by atoms with Crippen LogP contribution < -0.4 is 5.32 Å². The average molecular weight is 441 g/mol. The Bertz CT molecular complexity index is 969. The van der Waals surface area contributed by atoms with Crippen molar-refractivity contribution in [3.8, 4) is 0 Å². The van der Waals surface area contributed by atoms with Gasteiger partial charge in [-0.15, -0.1) is 11.3 Å². The lowest BCUT2D eigenvalue weighted by atomic mass is 9.78. The van der Waals surface area contributed by atoms with Crippen LogP contribution in [0.4, 0.5) is 10.8 Å². The molecule has 0 amide bonds. The summed E-state index contributed by atoms with van der Waals surface area (Å²) in [6.45, 7) is 3.69. The number of carboxylic acids is 1. The Kier molecular flexibility index (Phi) is 7.37. The summed E-state index contributed by atoms with van der Waals surface area (Å²) < 4.78 is 28.3. The Balaban J connectivity index is 2.29. The van der Waals surface area contributed by atoms with Crippen molar-refractivity contribution < 1.29 is 27.9 Å². The molecule has 0 spiro atoms. The summed E-state index contributed by atoms with van der Waals surface area (Å²) in [7, 11) is -3.28. The number of nitrogens with zero attached hydrogens (tertiary/aromatic N) is 1. The van der Waals surface area contributed by atoms with Gasteiger partial charge in [-0.3, -0.25) is 9.59 Å². The predicted octanol–water partition coefficient (Wildman–Crippen LogP) is 3.37. The van der Waals surface area contributed by atoms with E-state index in [1.165, 1.54) is 23.5 Å². The number of sulfone groups is 1. The zero-order valence-corrected chi connectivity index (χ0v) is 18.1. The normalized spacial score (nSPS) is 13.5. The van der Waals surface area contributed by atoms with E-state index in [1.54, 1.807) is 31.4 Å². The predicted molar refractivity (Wildman–Crippen MR) is 110 cm³/mol. The summed E-state index contributed by atoms with van der Waals surface area (Å²) in [5, 5.41) is 14.4. The lowest BCUT2D eigenvalue weighted by molar-refractivity contribution is -0.151. The van der Waals surface area contributed by atoms with E-state index < -0.39 is 27.2 Å². The third-order valence-corrected chi connectivity index (χ3v) is 6.45. The molecule has 0 saturated carbocycles. The number of esters is 1. The Labute approximate surface area is 173 Å². The number of carboxylic acid groups (broad SMARTS) is 1. The molecule has 1 unspecified atom stereocenters. The highest BCUT2D eigenvalue weighted by Crippen LogP contribution is 2.37. The molecule has 2 aromatic rings. The van der Waals surface area contributed by atoms with Crippen LogP contribution in [0.3, 0.4) is 0 Å². The van der Waals surface area contributed by atoms with Gasteiger partial charge in [0.2, 0.25) is 0 Å². The Morgan fingerprint density at radius 1 is 1.24 bits per heavy atom. The van der Waals surface area contributed by atoms with E-state index in [2.05, 4.69) is 10.3 Å². The fraction of sp³-hybridized carbons (Fsp3) is 0.421. The molecule has 158 valence electrons. The maximum Gasteiger partial charge on any atom is 0.318 e. The minimum atomic E-state index is -3.28. The first-order chi connectivity index (χ1) is 13.6. The molecule has 0 aliphatic rings. The van der Waals surface area contributed by atoms with Crippen LogP contribution in [0.15, 0.2) is 34.5 Å². The van der Waals surface area contributed by atoms with Crippen molar-refractivity contribution in [1.29, 1.82) is 0 Å². The lowest BCUT2D eigenvalue weighted by Gasteiger charge is -2.28. The molecule has 1 aromatic carbocycles. The topological polar surface area (TPSA) is 123 Å². The van der Waals surface area contributed by atoms with E-state index in [0.29, 0.717) is 22.9 Å². The fourth-order valence-electron chi connectivity index (χ4n) is 2.89. The molecule has 0 saturated heterocycles. The average Bonchev–Trinajstić information content (AvgIpc) is 3.11. The van der Waals surface area contributed by atoms with Crippen molar-refractivity contribution >= 4 is 43.9 Å². The molecule has 2 rings (SSSR count). The van der Waals surface area contributed by atoms with Crippen molar-refractivity contribution in [2.24, 2.45) is 0 Å². The second kappa shape index (κ2) is 9.36. The summed E-state index contributed by atoms with van der Waals surface area (Å²) in [6, 6.07) is 6.24.